The number of hydrogen-bond acceptors (Lipinski definition) is 2. The normalized spacial score (nSPS) is 17.1. The lowest BCUT2D eigenvalue weighted by atomic mass is 10.0. The quantitative estimate of drug-likeness (QED) is 0.830. The van der Waals surface area contributed by atoms with Crippen molar-refractivity contribution >= 4 is 0 Å². The highest BCUT2D eigenvalue weighted by Gasteiger charge is 2.17. The van der Waals surface area contributed by atoms with Crippen LogP contribution in [0.5, 0.6) is 0 Å². The SMILES string of the molecule is CC(C)=CCN1CCC(NCc2cccc(F)c2)CC1. The minimum Gasteiger partial charge on any atom is -0.310 e. The van der Waals surface area contributed by atoms with E-state index in [1.165, 1.54) is 24.5 Å². The highest BCUT2D eigenvalue weighted by molar-refractivity contribution is 5.16. The molecule has 1 saturated heterocycles. The van der Waals surface area contributed by atoms with E-state index in [0.29, 0.717) is 6.04 Å². The summed E-state index contributed by atoms with van der Waals surface area (Å²) in [7, 11) is 0. The molecule has 0 spiro atoms. The summed E-state index contributed by atoms with van der Waals surface area (Å²) < 4.78 is 13.1. The van der Waals surface area contributed by atoms with E-state index in [9.17, 15) is 4.39 Å². The van der Waals surface area contributed by atoms with Gasteiger partial charge in [0.2, 0.25) is 0 Å². The fourth-order valence-electron chi connectivity index (χ4n) is 2.54. The van der Waals surface area contributed by atoms with Crippen molar-refractivity contribution in [1.29, 1.82) is 0 Å². The minimum atomic E-state index is -0.152. The van der Waals surface area contributed by atoms with Gasteiger partial charge in [0.15, 0.2) is 0 Å². The molecule has 20 heavy (non-hydrogen) atoms. The zero-order chi connectivity index (χ0) is 14.4. The molecule has 0 unspecified atom stereocenters. The van der Waals surface area contributed by atoms with Gasteiger partial charge in [-0.2, -0.15) is 0 Å². The van der Waals surface area contributed by atoms with Crippen LogP contribution in [0.2, 0.25) is 0 Å². The van der Waals surface area contributed by atoms with E-state index >= 15 is 0 Å². The molecule has 1 aromatic carbocycles. The average Bonchev–Trinajstić information content (AvgIpc) is 2.44. The molecule has 0 saturated carbocycles. The molecule has 1 aromatic rings. The molecule has 2 rings (SSSR count). The van der Waals surface area contributed by atoms with Crippen molar-refractivity contribution in [1.82, 2.24) is 10.2 Å². The maximum absolute atomic E-state index is 13.1. The van der Waals surface area contributed by atoms with Gasteiger partial charge in [0.25, 0.3) is 0 Å². The average molecular weight is 276 g/mol. The van der Waals surface area contributed by atoms with Crippen LogP contribution < -0.4 is 5.32 Å². The van der Waals surface area contributed by atoms with Gasteiger partial charge in [0.1, 0.15) is 5.82 Å². The van der Waals surface area contributed by atoms with Gasteiger partial charge in [-0.1, -0.05) is 23.8 Å². The summed E-state index contributed by atoms with van der Waals surface area (Å²) in [6, 6.07) is 7.40. The Balaban J connectivity index is 1.71. The zero-order valence-corrected chi connectivity index (χ0v) is 12.5. The summed E-state index contributed by atoms with van der Waals surface area (Å²) in [6.45, 7) is 8.41. The summed E-state index contributed by atoms with van der Waals surface area (Å²) >= 11 is 0. The molecular weight excluding hydrogens is 251 g/mol. The molecule has 1 heterocycles. The highest BCUT2D eigenvalue weighted by atomic mass is 19.1. The van der Waals surface area contributed by atoms with Crippen LogP contribution in [0.15, 0.2) is 35.9 Å². The fourth-order valence-corrected chi connectivity index (χ4v) is 2.54. The molecule has 0 aromatic heterocycles. The van der Waals surface area contributed by atoms with Crippen molar-refractivity contribution in [2.24, 2.45) is 0 Å². The molecule has 0 radical (unpaired) electrons. The highest BCUT2D eigenvalue weighted by Crippen LogP contribution is 2.12. The summed E-state index contributed by atoms with van der Waals surface area (Å²) in [6.07, 6.45) is 4.64. The fraction of sp³-hybridized carbons (Fsp3) is 0.529. The Morgan fingerprint density at radius 2 is 2.10 bits per heavy atom. The molecule has 0 amide bonds. The van der Waals surface area contributed by atoms with Crippen LogP contribution in [0.4, 0.5) is 4.39 Å². The summed E-state index contributed by atoms with van der Waals surface area (Å²) in [4.78, 5) is 2.49. The number of hydrogen-bond donors (Lipinski definition) is 1. The third-order valence-corrected chi connectivity index (χ3v) is 3.83. The number of likely N-dealkylation sites (tertiary alicyclic amines) is 1. The Kier molecular flexibility index (Phi) is 5.74. The van der Waals surface area contributed by atoms with Gasteiger partial charge in [-0.05, 0) is 57.5 Å². The van der Waals surface area contributed by atoms with Crippen LogP contribution in [0, 0.1) is 5.82 Å². The van der Waals surface area contributed by atoms with Crippen molar-refractivity contribution in [3.63, 3.8) is 0 Å². The second-order valence-electron chi connectivity index (χ2n) is 5.87. The second kappa shape index (κ2) is 7.55. The van der Waals surface area contributed by atoms with E-state index in [1.54, 1.807) is 12.1 Å². The molecule has 110 valence electrons. The number of nitrogens with zero attached hydrogens (tertiary/aromatic N) is 1. The van der Waals surface area contributed by atoms with E-state index < -0.39 is 0 Å². The van der Waals surface area contributed by atoms with E-state index in [1.807, 2.05) is 6.07 Å². The van der Waals surface area contributed by atoms with E-state index in [-0.39, 0.29) is 5.82 Å². The Labute approximate surface area is 121 Å². The van der Waals surface area contributed by atoms with Crippen molar-refractivity contribution in [2.45, 2.75) is 39.3 Å². The first-order chi connectivity index (χ1) is 9.63. The lowest BCUT2D eigenvalue weighted by molar-refractivity contribution is 0.214. The third-order valence-electron chi connectivity index (χ3n) is 3.83. The third kappa shape index (κ3) is 5.06. The molecule has 1 aliphatic heterocycles. The maximum Gasteiger partial charge on any atom is 0.123 e. The van der Waals surface area contributed by atoms with Crippen LogP contribution in [0.25, 0.3) is 0 Å². The molecule has 1 fully saturated rings. The standard InChI is InChI=1S/C17H25FN2/c1-14(2)6-9-20-10-7-17(8-11-20)19-13-15-4-3-5-16(18)12-15/h3-6,12,17,19H,7-11,13H2,1-2H3. The summed E-state index contributed by atoms with van der Waals surface area (Å²) in [5.41, 5.74) is 2.41. The second-order valence-corrected chi connectivity index (χ2v) is 5.87. The van der Waals surface area contributed by atoms with Crippen LogP contribution in [-0.4, -0.2) is 30.6 Å². The number of allylic oxidation sites excluding steroid dienone is 1. The van der Waals surface area contributed by atoms with Crippen molar-refractivity contribution in [3.8, 4) is 0 Å². The van der Waals surface area contributed by atoms with Gasteiger partial charge in [0, 0.05) is 19.1 Å². The molecule has 1 aliphatic rings. The predicted octanol–water partition coefficient (Wildman–Crippen LogP) is 3.35. The summed E-state index contributed by atoms with van der Waals surface area (Å²) in [5, 5.41) is 3.54. The van der Waals surface area contributed by atoms with Crippen molar-refractivity contribution < 1.29 is 4.39 Å². The van der Waals surface area contributed by atoms with E-state index in [2.05, 4.69) is 30.1 Å². The Morgan fingerprint density at radius 3 is 2.75 bits per heavy atom. The number of halogens is 1. The van der Waals surface area contributed by atoms with E-state index in [0.717, 1.165) is 31.7 Å². The number of nitrogens with one attached hydrogen (secondary N) is 1. The largest absolute Gasteiger partial charge is 0.310 e. The minimum absolute atomic E-state index is 0.152. The first-order valence-corrected chi connectivity index (χ1v) is 7.47. The van der Waals surface area contributed by atoms with E-state index in [4.69, 9.17) is 0 Å². The van der Waals surface area contributed by atoms with Gasteiger partial charge >= 0.3 is 0 Å². The zero-order valence-electron chi connectivity index (χ0n) is 12.5. The van der Waals surface area contributed by atoms with Gasteiger partial charge in [-0.15, -0.1) is 0 Å². The molecule has 2 nitrogen and oxygen atoms in total. The molecular formula is C17H25FN2. The summed E-state index contributed by atoms with van der Waals surface area (Å²) in [5.74, 6) is -0.152. The van der Waals surface area contributed by atoms with Gasteiger partial charge in [-0.25, -0.2) is 4.39 Å². The van der Waals surface area contributed by atoms with Gasteiger partial charge in [-0.3, -0.25) is 4.90 Å². The predicted molar refractivity (Wildman–Crippen MR) is 82.1 cm³/mol. The number of piperidine rings is 1. The lowest BCUT2D eigenvalue weighted by Gasteiger charge is -2.31. The van der Waals surface area contributed by atoms with Crippen molar-refractivity contribution in [3.05, 3.63) is 47.3 Å². The van der Waals surface area contributed by atoms with Crippen LogP contribution in [0.3, 0.4) is 0 Å². The van der Waals surface area contributed by atoms with Gasteiger partial charge in [0.05, 0.1) is 0 Å². The first-order valence-electron chi connectivity index (χ1n) is 7.47. The number of rotatable bonds is 5. The Hall–Kier alpha value is -1.19. The lowest BCUT2D eigenvalue weighted by Crippen LogP contribution is -2.42. The van der Waals surface area contributed by atoms with Crippen molar-refractivity contribution in [2.75, 3.05) is 19.6 Å². The monoisotopic (exact) mass is 276 g/mol. The molecule has 0 bridgehead atoms. The molecule has 3 heteroatoms. The first kappa shape index (κ1) is 15.2. The smallest absolute Gasteiger partial charge is 0.123 e. The van der Waals surface area contributed by atoms with Crippen LogP contribution in [0.1, 0.15) is 32.3 Å². The maximum atomic E-state index is 13.1. The Morgan fingerprint density at radius 1 is 1.35 bits per heavy atom. The Bertz CT molecular complexity index is 444. The van der Waals surface area contributed by atoms with Crippen LogP contribution in [-0.2, 0) is 6.54 Å². The van der Waals surface area contributed by atoms with Gasteiger partial charge < -0.3 is 5.32 Å². The molecule has 0 atom stereocenters. The molecule has 1 N–H and O–H groups in total. The topological polar surface area (TPSA) is 15.3 Å². The molecule has 0 aliphatic carbocycles. The van der Waals surface area contributed by atoms with Crippen LogP contribution >= 0.6 is 0 Å². The number of benzene rings is 1.